The Balaban J connectivity index is 1.32. The molecule has 1 atom stereocenters. The SMILES string of the molecule is O=C(NCc1ccc(N2CCCC2=O)cc1)NC(CN1CCOCC1)c1ccccc1. The number of anilines is 1. The second-order valence-electron chi connectivity index (χ2n) is 8.02. The fourth-order valence-corrected chi connectivity index (χ4v) is 4.07. The number of carbonyl (C=O) groups is 2. The molecule has 1 unspecified atom stereocenters. The minimum atomic E-state index is -0.194. The van der Waals surface area contributed by atoms with Crippen LogP contribution in [0.3, 0.4) is 0 Å². The Bertz CT molecular complexity index is 866. The molecule has 2 aromatic carbocycles. The smallest absolute Gasteiger partial charge is 0.315 e. The first kappa shape index (κ1) is 21.3. The summed E-state index contributed by atoms with van der Waals surface area (Å²) in [5.74, 6) is 0.178. The first-order valence-electron chi connectivity index (χ1n) is 11.0. The molecule has 2 aromatic rings. The van der Waals surface area contributed by atoms with E-state index in [1.807, 2.05) is 59.5 Å². The van der Waals surface area contributed by atoms with Crippen LogP contribution in [-0.4, -0.2) is 56.2 Å². The van der Waals surface area contributed by atoms with Gasteiger partial charge in [-0.15, -0.1) is 0 Å². The van der Waals surface area contributed by atoms with Crippen molar-refractivity contribution in [3.63, 3.8) is 0 Å². The quantitative estimate of drug-likeness (QED) is 0.720. The van der Waals surface area contributed by atoms with Crippen molar-refractivity contribution >= 4 is 17.6 Å². The van der Waals surface area contributed by atoms with Crippen LogP contribution in [0.2, 0.25) is 0 Å². The third kappa shape index (κ3) is 5.83. The van der Waals surface area contributed by atoms with Crippen LogP contribution in [-0.2, 0) is 16.1 Å². The number of nitrogens with one attached hydrogen (secondary N) is 2. The summed E-state index contributed by atoms with van der Waals surface area (Å²) in [6.07, 6.45) is 1.53. The number of carbonyl (C=O) groups excluding carboxylic acids is 2. The second kappa shape index (κ2) is 10.4. The third-order valence-electron chi connectivity index (χ3n) is 5.83. The van der Waals surface area contributed by atoms with Crippen LogP contribution in [0.4, 0.5) is 10.5 Å². The number of morpholine rings is 1. The van der Waals surface area contributed by atoms with Crippen molar-refractivity contribution in [3.05, 3.63) is 65.7 Å². The summed E-state index contributed by atoms with van der Waals surface area (Å²) in [6.45, 7) is 5.16. The molecule has 2 N–H and O–H groups in total. The van der Waals surface area contributed by atoms with E-state index in [2.05, 4.69) is 15.5 Å². The molecule has 7 heteroatoms. The summed E-state index contributed by atoms with van der Waals surface area (Å²) in [7, 11) is 0. The fourth-order valence-electron chi connectivity index (χ4n) is 4.07. The lowest BCUT2D eigenvalue weighted by Crippen LogP contribution is -2.45. The van der Waals surface area contributed by atoms with Gasteiger partial charge >= 0.3 is 6.03 Å². The number of benzene rings is 2. The molecule has 0 radical (unpaired) electrons. The minimum absolute atomic E-state index is 0.0946. The van der Waals surface area contributed by atoms with E-state index < -0.39 is 0 Å². The van der Waals surface area contributed by atoms with Gasteiger partial charge in [0.2, 0.25) is 5.91 Å². The lowest BCUT2D eigenvalue weighted by molar-refractivity contribution is -0.117. The standard InChI is InChI=1S/C24H30N4O3/c29-23-7-4-12-28(23)21-10-8-19(9-11-21)17-25-24(30)26-22(20-5-2-1-3-6-20)18-27-13-15-31-16-14-27/h1-3,5-6,8-11,22H,4,7,12-18H2,(H2,25,26,30). The number of nitrogens with zero attached hydrogens (tertiary/aromatic N) is 2. The molecule has 2 saturated heterocycles. The third-order valence-corrected chi connectivity index (χ3v) is 5.83. The maximum Gasteiger partial charge on any atom is 0.315 e. The van der Waals surface area contributed by atoms with Crippen LogP contribution in [0.25, 0.3) is 0 Å². The van der Waals surface area contributed by atoms with E-state index in [9.17, 15) is 9.59 Å². The molecule has 0 aliphatic carbocycles. The molecule has 31 heavy (non-hydrogen) atoms. The van der Waals surface area contributed by atoms with Crippen molar-refractivity contribution in [3.8, 4) is 0 Å². The molecule has 4 rings (SSSR count). The van der Waals surface area contributed by atoms with Crippen molar-refractivity contribution in [2.45, 2.75) is 25.4 Å². The fraction of sp³-hybridized carbons (Fsp3) is 0.417. The summed E-state index contributed by atoms with van der Waals surface area (Å²) in [5.41, 5.74) is 3.00. The van der Waals surface area contributed by atoms with Gasteiger partial charge in [0.1, 0.15) is 0 Å². The molecule has 0 saturated carbocycles. The lowest BCUT2D eigenvalue weighted by atomic mass is 10.1. The van der Waals surface area contributed by atoms with Crippen LogP contribution in [0.1, 0.15) is 30.0 Å². The van der Waals surface area contributed by atoms with Crippen molar-refractivity contribution in [1.29, 1.82) is 0 Å². The highest BCUT2D eigenvalue weighted by Gasteiger charge is 2.22. The summed E-state index contributed by atoms with van der Waals surface area (Å²) < 4.78 is 5.44. The Morgan fingerprint density at radius 2 is 1.74 bits per heavy atom. The lowest BCUT2D eigenvalue weighted by Gasteiger charge is -2.31. The highest BCUT2D eigenvalue weighted by atomic mass is 16.5. The maximum absolute atomic E-state index is 12.6. The number of amides is 3. The van der Waals surface area contributed by atoms with Crippen molar-refractivity contribution < 1.29 is 14.3 Å². The molecule has 3 amide bonds. The molecule has 2 heterocycles. The molecule has 0 bridgehead atoms. The van der Waals surface area contributed by atoms with Gasteiger partial charge in [0.05, 0.1) is 19.3 Å². The van der Waals surface area contributed by atoms with Gasteiger partial charge in [0.25, 0.3) is 0 Å². The Labute approximate surface area is 183 Å². The van der Waals surface area contributed by atoms with E-state index >= 15 is 0 Å². The average Bonchev–Trinajstić information content (AvgIpc) is 3.25. The predicted octanol–water partition coefficient (Wildman–Crippen LogP) is 2.69. The van der Waals surface area contributed by atoms with E-state index in [0.29, 0.717) is 13.0 Å². The van der Waals surface area contributed by atoms with Gasteiger partial charge < -0.3 is 20.3 Å². The topological polar surface area (TPSA) is 73.9 Å². The van der Waals surface area contributed by atoms with Crippen molar-refractivity contribution in [2.75, 3.05) is 44.3 Å². The van der Waals surface area contributed by atoms with Gasteiger partial charge in [-0.05, 0) is 29.7 Å². The van der Waals surface area contributed by atoms with Gasteiger partial charge in [-0.1, -0.05) is 42.5 Å². The molecule has 2 aliphatic heterocycles. The Hall–Kier alpha value is -2.90. The zero-order valence-corrected chi connectivity index (χ0v) is 17.8. The largest absolute Gasteiger partial charge is 0.379 e. The zero-order chi connectivity index (χ0) is 21.5. The maximum atomic E-state index is 12.6. The van der Waals surface area contributed by atoms with Crippen molar-refractivity contribution in [1.82, 2.24) is 15.5 Å². The van der Waals surface area contributed by atoms with Crippen molar-refractivity contribution in [2.24, 2.45) is 0 Å². The van der Waals surface area contributed by atoms with Gasteiger partial charge in [0, 0.05) is 44.8 Å². The van der Waals surface area contributed by atoms with Crippen LogP contribution < -0.4 is 15.5 Å². The highest BCUT2D eigenvalue weighted by molar-refractivity contribution is 5.95. The number of urea groups is 1. The van der Waals surface area contributed by atoms with E-state index in [0.717, 1.165) is 62.6 Å². The molecular weight excluding hydrogens is 392 g/mol. The van der Waals surface area contributed by atoms with Gasteiger partial charge in [-0.25, -0.2) is 4.79 Å². The molecule has 7 nitrogen and oxygen atoms in total. The molecule has 2 aliphatic rings. The molecule has 2 fully saturated rings. The van der Waals surface area contributed by atoms with Crippen LogP contribution >= 0.6 is 0 Å². The Morgan fingerprint density at radius 1 is 1.00 bits per heavy atom. The number of hydrogen-bond acceptors (Lipinski definition) is 4. The van der Waals surface area contributed by atoms with Crippen LogP contribution in [0.15, 0.2) is 54.6 Å². The molecule has 164 valence electrons. The minimum Gasteiger partial charge on any atom is -0.379 e. The Kier molecular flexibility index (Phi) is 7.17. The van der Waals surface area contributed by atoms with Crippen LogP contribution in [0, 0.1) is 0 Å². The number of rotatable bonds is 7. The summed E-state index contributed by atoms with van der Waals surface area (Å²) >= 11 is 0. The van der Waals surface area contributed by atoms with E-state index in [1.54, 1.807) is 0 Å². The van der Waals surface area contributed by atoms with Gasteiger partial charge in [-0.3, -0.25) is 9.69 Å². The molecule has 0 aromatic heterocycles. The summed E-state index contributed by atoms with van der Waals surface area (Å²) in [6, 6.07) is 17.6. The number of hydrogen-bond donors (Lipinski definition) is 2. The first-order chi connectivity index (χ1) is 15.2. The first-order valence-corrected chi connectivity index (χ1v) is 11.0. The Morgan fingerprint density at radius 3 is 2.42 bits per heavy atom. The van der Waals surface area contributed by atoms with E-state index in [-0.39, 0.29) is 18.0 Å². The average molecular weight is 423 g/mol. The second-order valence-corrected chi connectivity index (χ2v) is 8.02. The van der Waals surface area contributed by atoms with Crippen LogP contribution in [0.5, 0.6) is 0 Å². The highest BCUT2D eigenvalue weighted by Crippen LogP contribution is 2.21. The molecule has 0 spiro atoms. The van der Waals surface area contributed by atoms with Gasteiger partial charge in [0.15, 0.2) is 0 Å². The monoisotopic (exact) mass is 422 g/mol. The predicted molar refractivity (Wildman–Crippen MR) is 120 cm³/mol. The van der Waals surface area contributed by atoms with E-state index in [4.69, 9.17) is 4.74 Å². The summed E-state index contributed by atoms with van der Waals surface area (Å²) in [4.78, 5) is 28.7. The van der Waals surface area contributed by atoms with Gasteiger partial charge in [-0.2, -0.15) is 0 Å². The summed E-state index contributed by atoms with van der Waals surface area (Å²) in [5, 5.41) is 6.09. The zero-order valence-electron chi connectivity index (χ0n) is 17.8. The number of ether oxygens (including phenoxy) is 1. The normalized spacial score (nSPS) is 18.1. The molecular formula is C24H30N4O3. The van der Waals surface area contributed by atoms with E-state index in [1.165, 1.54) is 0 Å².